The van der Waals surface area contributed by atoms with Crippen molar-refractivity contribution in [1.29, 1.82) is 0 Å². The Hall–Kier alpha value is -0.428. The Morgan fingerprint density at radius 3 is 2.55 bits per heavy atom. The zero-order valence-corrected chi connectivity index (χ0v) is 22.2. The zero-order valence-electron chi connectivity index (χ0n) is 18.1. The number of benzene rings is 2. The quantitative estimate of drug-likeness (QED) is 0.212. The molecule has 2 aliphatic rings. The summed E-state index contributed by atoms with van der Waals surface area (Å²) in [7, 11) is -4.42. The normalized spacial score (nSPS) is 22.0. The van der Waals surface area contributed by atoms with Crippen molar-refractivity contribution < 1.29 is 13.5 Å². The molecule has 0 bridgehead atoms. The van der Waals surface area contributed by atoms with E-state index in [1.54, 1.807) is 6.07 Å². The fourth-order valence-electron chi connectivity index (χ4n) is 4.69. The third kappa shape index (κ3) is 5.23. The first-order chi connectivity index (χ1) is 14.9. The smallest absolute Gasteiger partial charge is 0.407 e. The van der Waals surface area contributed by atoms with E-state index in [9.17, 15) is 13.5 Å². The molecule has 2 aliphatic heterocycles. The first-order valence-electron chi connectivity index (χ1n) is 11.4. The molecule has 3 unspecified atom stereocenters. The second-order valence-corrected chi connectivity index (χ2v) is 17.4. The van der Waals surface area contributed by atoms with Gasteiger partial charge in [-0.1, -0.05) is 56.5 Å². The first kappa shape index (κ1) is 23.7. The van der Waals surface area contributed by atoms with Gasteiger partial charge in [0.05, 0.1) is 9.79 Å². The molecule has 2 aromatic rings. The Morgan fingerprint density at radius 2 is 1.81 bits per heavy atom. The van der Waals surface area contributed by atoms with Gasteiger partial charge in [-0.25, -0.2) is 28.7 Å². The van der Waals surface area contributed by atoms with Gasteiger partial charge in [-0.3, -0.25) is 0 Å². The lowest BCUT2D eigenvalue weighted by atomic mass is 9.88. The lowest BCUT2D eigenvalue weighted by molar-refractivity contribution is 0.279. The molecule has 31 heavy (non-hydrogen) atoms. The number of halogens is 1. The number of aliphatic hydroxyl groups is 1. The predicted molar refractivity (Wildman–Crippen MR) is 135 cm³/mol. The predicted octanol–water partition coefficient (Wildman–Crippen LogP) is 4.71. The molecule has 0 amide bonds. The molecule has 2 N–H and O–H groups in total. The van der Waals surface area contributed by atoms with Gasteiger partial charge in [0, 0.05) is 11.4 Å². The van der Waals surface area contributed by atoms with E-state index >= 15 is 0 Å². The Morgan fingerprint density at radius 1 is 1.10 bits per heavy atom. The summed E-state index contributed by atoms with van der Waals surface area (Å²) in [6.45, 7) is 3.14. The van der Waals surface area contributed by atoms with Crippen molar-refractivity contribution >= 4 is 41.0 Å². The van der Waals surface area contributed by atoms with Gasteiger partial charge in [0.15, 0.2) is 0 Å². The second-order valence-electron chi connectivity index (χ2n) is 8.90. The van der Waals surface area contributed by atoms with Crippen LogP contribution < -0.4 is 5.32 Å². The molecule has 166 valence electrons. The molecule has 2 aromatic carbocycles. The van der Waals surface area contributed by atoms with Gasteiger partial charge in [-0.15, -0.1) is 0 Å². The van der Waals surface area contributed by atoms with E-state index in [2.05, 4.69) is 38.6 Å². The number of rotatable bonds is 10. The van der Waals surface area contributed by atoms with E-state index < -0.39 is 20.7 Å². The molecule has 1 fully saturated rings. The fourth-order valence-corrected chi connectivity index (χ4v) is 11.8. The summed E-state index contributed by atoms with van der Waals surface area (Å²) in [6.07, 6.45) is 7.43. The highest BCUT2D eigenvalue weighted by Crippen LogP contribution is 2.37. The van der Waals surface area contributed by atoms with E-state index in [1.165, 1.54) is 19.3 Å². The molecule has 1 saturated heterocycles. The number of fused-ring (bicyclic) bond motifs is 2. The van der Waals surface area contributed by atoms with Crippen LogP contribution in [0.2, 0.25) is 0 Å². The molecule has 0 aromatic heterocycles. The summed E-state index contributed by atoms with van der Waals surface area (Å²) in [6, 6.07) is 13.5. The van der Waals surface area contributed by atoms with Gasteiger partial charge in [0.25, 0.3) is 0 Å². The molecule has 0 spiro atoms. The molecule has 2 heterocycles. The molecule has 0 aliphatic carbocycles. The van der Waals surface area contributed by atoms with Crippen LogP contribution in [0.5, 0.6) is 0 Å². The van der Waals surface area contributed by atoms with Crippen molar-refractivity contribution in [3.8, 4) is 0 Å². The van der Waals surface area contributed by atoms with Crippen LogP contribution in [0, 0.1) is 0 Å². The van der Waals surface area contributed by atoms with Gasteiger partial charge in [-0.05, 0) is 65.5 Å². The van der Waals surface area contributed by atoms with E-state index in [4.69, 9.17) is 0 Å². The van der Waals surface area contributed by atoms with Gasteiger partial charge in [0.2, 0.25) is 9.84 Å². The van der Waals surface area contributed by atoms with Gasteiger partial charge in [-0.2, -0.15) is 0 Å². The molecular weight excluding hydrogens is 536 g/mol. The first-order valence-corrected chi connectivity index (χ1v) is 18.4. The lowest BCUT2D eigenvalue weighted by Crippen LogP contribution is -2.22. The van der Waals surface area contributed by atoms with Gasteiger partial charge < -0.3 is 10.4 Å². The number of aliphatic hydroxyl groups excluding tert-OH is 1. The van der Waals surface area contributed by atoms with Gasteiger partial charge >= 0.3 is 10.9 Å². The molecule has 7 heteroatoms. The van der Waals surface area contributed by atoms with Crippen molar-refractivity contribution in [2.24, 2.45) is 0 Å². The largest absolute Gasteiger partial charge is 0.415 e. The number of sulfone groups is 1. The number of hydrogen-bond acceptors (Lipinski definition) is 4. The lowest BCUT2D eigenvalue weighted by Gasteiger charge is -2.23. The molecular formula is C24H31AlINO3S. The van der Waals surface area contributed by atoms with E-state index in [1.807, 2.05) is 30.3 Å². The van der Waals surface area contributed by atoms with Crippen LogP contribution in [-0.2, 0) is 16.3 Å². The summed E-state index contributed by atoms with van der Waals surface area (Å²) in [5, 5.41) is 13.3. The van der Waals surface area contributed by atoms with Crippen molar-refractivity contribution in [3.63, 3.8) is 0 Å². The van der Waals surface area contributed by atoms with Crippen LogP contribution in [0.25, 0.3) is 0 Å². The third-order valence-electron chi connectivity index (χ3n) is 6.66. The third-order valence-corrected chi connectivity index (χ3v) is 15.0. The summed E-state index contributed by atoms with van der Waals surface area (Å²) in [5.41, 5.74) is 2.97. The fraction of sp³-hybridized carbons (Fsp3) is 0.500. The van der Waals surface area contributed by atoms with E-state index in [0.717, 1.165) is 42.5 Å². The van der Waals surface area contributed by atoms with Crippen molar-refractivity contribution in [2.75, 3.05) is 6.54 Å². The SMILES string of the molecule is CCCCCC(CCCN[CH]1[CH](O)[Al]1[I])c1ccc2c(c1)S(=O)(=O)c1ccccc1C2. The monoisotopic (exact) mass is 567 g/mol. The minimum atomic E-state index is -3.46. The summed E-state index contributed by atoms with van der Waals surface area (Å²) in [4.78, 5) is 1.26. The van der Waals surface area contributed by atoms with Crippen LogP contribution in [0.1, 0.15) is 68.1 Å². The molecule has 0 radical (unpaired) electrons. The maximum Gasteiger partial charge on any atom is 0.415 e. The summed E-state index contributed by atoms with van der Waals surface area (Å²) < 4.78 is 26.6. The van der Waals surface area contributed by atoms with Crippen molar-refractivity contribution in [3.05, 3.63) is 59.2 Å². The van der Waals surface area contributed by atoms with Crippen LogP contribution in [0.4, 0.5) is 0 Å². The Kier molecular flexibility index (Phi) is 7.83. The highest BCUT2D eigenvalue weighted by Gasteiger charge is 2.53. The van der Waals surface area contributed by atoms with Crippen molar-refractivity contribution in [1.82, 2.24) is 5.32 Å². The summed E-state index contributed by atoms with van der Waals surface area (Å²) >= 11 is 2.43. The molecule has 4 nitrogen and oxygen atoms in total. The number of unbranched alkanes of at least 4 members (excludes halogenated alkanes) is 2. The van der Waals surface area contributed by atoms with Crippen LogP contribution >= 0.6 is 20.3 Å². The molecule has 3 atom stereocenters. The topological polar surface area (TPSA) is 66.4 Å². The minimum Gasteiger partial charge on any atom is -0.407 e. The Labute approximate surface area is 201 Å². The van der Waals surface area contributed by atoms with Crippen LogP contribution in [0.15, 0.2) is 52.3 Å². The maximum absolute atomic E-state index is 13.3. The second kappa shape index (κ2) is 10.2. The summed E-state index contributed by atoms with van der Waals surface area (Å²) in [5.74, 6) is 0.378. The molecule has 0 saturated carbocycles. The molecule has 4 rings (SSSR count). The Bertz CT molecular complexity index is 1020. The van der Waals surface area contributed by atoms with Crippen LogP contribution in [0.3, 0.4) is 0 Å². The highest BCUT2D eigenvalue weighted by molar-refractivity contribution is 14.1. The average Bonchev–Trinajstić information content (AvgIpc) is 3.34. The highest BCUT2D eigenvalue weighted by atomic mass is 127. The Balaban J connectivity index is 1.50. The standard InChI is InChI=1S/C24H31NO3S.Al.HI/c1-2-3-4-8-19(10-7-14-25-15-16-26)20-12-13-22-17-21-9-5-6-11-23(21)29(27,28)24(22)18-20;;/h5-6,9,11-13,15-16,18-19,25-26H,2-4,7-8,10,14,17H2,1H3;;1H/q;+1;/p-1. The van der Waals surface area contributed by atoms with E-state index in [-0.39, 0.29) is 4.97 Å². The number of nitrogens with one attached hydrogen (secondary N) is 1. The van der Waals surface area contributed by atoms with Gasteiger partial charge in [0.1, 0.15) is 0 Å². The zero-order chi connectivity index (χ0) is 22.0. The maximum atomic E-state index is 13.3. The minimum absolute atomic E-state index is 0.0744. The van der Waals surface area contributed by atoms with Crippen LogP contribution in [-0.4, -0.2) is 40.8 Å². The van der Waals surface area contributed by atoms with E-state index in [0.29, 0.717) is 27.0 Å². The number of hydrogen-bond donors (Lipinski definition) is 2. The average molecular weight is 567 g/mol. The van der Waals surface area contributed by atoms with Crippen molar-refractivity contribution in [2.45, 2.75) is 77.4 Å².